The van der Waals surface area contributed by atoms with Crippen molar-refractivity contribution in [2.75, 3.05) is 39.4 Å². The lowest BCUT2D eigenvalue weighted by atomic mass is 9.98. The van der Waals surface area contributed by atoms with E-state index in [2.05, 4.69) is 4.90 Å². The highest BCUT2D eigenvalue weighted by Crippen LogP contribution is 2.38. The summed E-state index contributed by atoms with van der Waals surface area (Å²) in [6.45, 7) is 4.41. The molecule has 8 heteroatoms. The zero-order valence-corrected chi connectivity index (χ0v) is 18.1. The lowest BCUT2D eigenvalue weighted by molar-refractivity contribution is 0.0353. The van der Waals surface area contributed by atoms with Crippen molar-refractivity contribution in [1.29, 1.82) is 0 Å². The monoisotopic (exact) mass is 456 g/mol. The molecule has 1 atom stereocenters. The lowest BCUT2D eigenvalue weighted by Gasteiger charge is -2.29. The maximum absolute atomic E-state index is 13.8. The van der Waals surface area contributed by atoms with Crippen LogP contribution in [0.2, 0.25) is 5.02 Å². The lowest BCUT2D eigenvalue weighted by Crippen LogP contribution is -2.38. The van der Waals surface area contributed by atoms with Crippen LogP contribution in [0.25, 0.3) is 11.0 Å². The average Bonchev–Trinajstić information content (AvgIpc) is 3.07. The summed E-state index contributed by atoms with van der Waals surface area (Å²) in [5, 5.41) is 0.631. The van der Waals surface area contributed by atoms with Crippen molar-refractivity contribution in [2.45, 2.75) is 12.5 Å². The quantitative estimate of drug-likeness (QED) is 0.583. The van der Waals surface area contributed by atoms with Crippen molar-refractivity contribution < 1.29 is 18.3 Å². The van der Waals surface area contributed by atoms with Gasteiger partial charge in [-0.05, 0) is 42.3 Å². The molecule has 166 valence electrons. The molecule has 3 aromatic rings. The van der Waals surface area contributed by atoms with E-state index in [1.54, 1.807) is 23.1 Å². The number of halogens is 2. The van der Waals surface area contributed by atoms with E-state index in [0.717, 1.165) is 37.7 Å². The van der Waals surface area contributed by atoms with Gasteiger partial charge in [0, 0.05) is 31.2 Å². The first kappa shape index (κ1) is 21.1. The Labute approximate surface area is 189 Å². The predicted molar refractivity (Wildman–Crippen MR) is 119 cm³/mol. The van der Waals surface area contributed by atoms with Crippen LogP contribution in [0.15, 0.2) is 51.7 Å². The van der Waals surface area contributed by atoms with Gasteiger partial charge in [-0.25, -0.2) is 4.39 Å². The molecule has 2 aliphatic rings. The standard InChI is InChI=1S/C24H22ClFN2O4/c25-16-4-1-3-15(13-16)21-20-22(29)18-14-17(26)5-6-19(18)32-23(20)24(30)28(21)8-2-7-27-9-11-31-12-10-27/h1,3-6,13-14,21H,2,7-12H2/t21-/m1/s1. The van der Waals surface area contributed by atoms with Gasteiger partial charge in [0.2, 0.25) is 5.76 Å². The summed E-state index contributed by atoms with van der Waals surface area (Å²) in [5.74, 6) is -0.850. The van der Waals surface area contributed by atoms with Crippen molar-refractivity contribution in [3.05, 3.63) is 80.4 Å². The van der Waals surface area contributed by atoms with Crippen LogP contribution in [0.5, 0.6) is 0 Å². The zero-order chi connectivity index (χ0) is 22.2. The van der Waals surface area contributed by atoms with Gasteiger partial charge in [0.15, 0.2) is 5.43 Å². The van der Waals surface area contributed by atoms with Crippen LogP contribution in [0.1, 0.15) is 34.1 Å². The largest absolute Gasteiger partial charge is 0.450 e. The number of hydrogen-bond acceptors (Lipinski definition) is 5. The molecule has 0 N–H and O–H groups in total. The zero-order valence-electron chi connectivity index (χ0n) is 17.4. The number of benzene rings is 2. The van der Waals surface area contributed by atoms with E-state index in [0.29, 0.717) is 24.8 Å². The number of nitrogens with zero attached hydrogens (tertiary/aromatic N) is 2. The van der Waals surface area contributed by atoms with Crippen LogP contribution >= 0.6 is 11.6 Å². The third kappa shape index (κ3) is 3.81. The second kappa shape index (κ2) is 8.65. The second-order valence-electron chi connectivity index (χ2n) is 8.08. The molecule has 6 nitrogen and oxygen atoms in total. The van der Waals surface area contributed by atoms with Crippen LogP contribution in [0, 0.1) is 5.82 Å². The number of morpholine rings is 1. The smallest absolute Gasteiger partial charge is 0.290 e. The summed E-state index contributed by atoms with van der Waals surface area (Å²) in [4.78, 5) is 30.7. The minimum absolute atomic E-state index is 0.0189. The normalized spacial score (nSPS) is 19.0. The first-order valence-electron chi connectivity index (χ1n) is 10.7. The number of carbonyl (C=O) groups is 1. The van der Waals surface area contributed by atoms with Crippen molar-refractivity contribution in [3.8, 4) is 0 Å². The molecule has 32 heavy (non-hydrogen) atoms. The number of carbonyl (C=O) groups excluding carboxylic acids is 1. The van der Waals surface area contributed by atoms with E-state index in [1.807, 2.05) is 6.07 Å². The Morgan fingerprint density at radius 3 is 2.66 bits per heavy atom. The number of fused-ring (bicyclic) bond motifs is 2. The summed E-state index contributed by atoms with van der Waals surface area (Å²) in [6.07, 6.45) is 0.735. The molecule has 0 aliphatic carbocycles. The molecule has 1 amide bonds. The van der Waals surface area contributed by atoms with Crippen molar-refractivity contribution in [2.24, 2.45) is 0 Å². The third-order valence-corrected chi connectivity index (χ3v) is 6.30. The predicted octanol–water partition coefficient (Wildman–Crippen LogP) is 3.85. The molecule has 0 unspecified atom stereocenters. The minimum Gasteiger partial charge on any atom is -0.450 e. The van der Waals surface area contributed by atoms with Crippen LogP contribution in [-0.4, -0.2) is 55.1 Å². The van der Waals surface area contributed by atoms with Gasteiger partial charge in [0.25, 0.3) is 5.91 Å². The minimum atomic E-state index is -0.634. The molecule has 5 rings (SSSR count). The van der Waals surface area contributed by atoms with Gasteiger partial charge in [-0.2, -0.15) is 0 Å². The number of rotatable bonds is 5. The highest BCUT2D eigenvalue weighted by atomic mass is 35.5. The first-order valence-corrected chi connectivity index (χ1v) is 11.0. The van der Waals surface area contributed by atoms with E-state index in [9.17, 15) is 14.0 Å². The van der Waals surface area contributed by atoms with Crippen LogP contribution in [-0.2, 0) is 4.74 Å². The Kier molecular flexibility index (Phi) is 5.71. The molecule has 3 heterocycles. The Hall–Kier alpha value is -2.74. The van der Waals surface area contributed by atoms with Crippen molar-refractivity contribution >= 4 is 28.5 Å². The van der Waals surface area contributed by atoms with Crippen LogP contribution < -0.4 is 5.43 Å². The van der Waals surface area contributed by atoms with Gasteiger partial charge in [-0.15, -0.1) is 0 Å². The van der Waals surface area contributed by atoms with Gasteiger partial charge in [-0.3, -0.25) is 14.5 Å². The SMILES string of the molecule is O=C1c2oc3ccc(F)cc3c(=O)c2[C@@H](c2cccc(Cl)c2)N1CCCN1CCOCC1. The maximum atomic E-state index is 13.8. The fourth-order valence-corrected chi connectivity index (χ4v) is 4.73. The summed E-state index contributed by atoms with van der Waals surface area (Å²) in [6, 6.07) is 10.2. The van der Waals surface area contributed by atoms with Gasteiger partial charge < -0.3 is 14.1 Å². The molecule has 1 aromatic heterocycles. The summed E-state index contributed by atoms with van der Waals surface area (Å²) >= 11 is 6.22. The Morgan fingerprint density at radius 1 is 1.06 bits per heavy atom. The van der Waals surface area contributed by atoms with Crippen molar-refractivity contribution in [3.63, 3.8) is 0 Å². The highest BCUT2D eigenvalue weighted by molar-refractivity contribution is 6.30. The van der Waals surface area contributed by atoms with E-state index < -0.39 is 17.3 Å². The summed E-state index contributed by atoms with van der Waals surface area (Å²) < 4.78 is 25.1. The van der Waals surface area contributed by atoms with Crippen LogP contribution in [0.4, 0.5) is 4.39 Å². The van der Waals surface area contributed by atoms with Crippen LogP contribution in [0.3, 0.4) is 0 Å². The number of hydrogen-bond donors (Lipinski definition) is 0. The Bertz CT molecular complexity index is 1240. The van der Waals surface area contributed by atoms with Gasteiger partial charge in [0.05, 0.1) is 30.2 Å². The van der Waals surface area contributed by atoms with E-state index in [-0.39, 0.29) is 28.2 Å². The van der Waals surface area contributed by atoms with E-state index in [1.165, 1.54) is 12.1 Å². The Morgan fingerprint density at radius 2 is 1.88 bits per heavy atom. The topological polar surface area (TPSA) is 63.0 Å². The number of amides is 1. The molecule has 0 spiro atoms. The third-order valence-electron chi connectivity index (χ3n) is 6.07. The van der Waals surface area contributed by atoms with Crippen molar-refractivity contribution in [1.82, 2.24) is 9.80 Å². The molecular weight excluding hydrogens is 435 g/mol. The summed E-state index contributed by atoms with van der Waals surface area (Å²) in [5.41, 5.74) is 0.763. The fourth-order valence-electron chi connectivity index (χ4n) is 4.54. The molecule has 0 bridgehead atoms. The van der Waals surface area contributed by atoms with Gasteiger partial charge >= 0.3 is 0 Å². The second-order valence-corrected chi connectivity index (χ2v) is 8.51. The molecule has 1 fully saturated rings. The summed E-state index contributed by atoms with van der Waals surface area (Å²) in [7, 11) is 0. The molecule has 1 saturated heterocycles. The first-order chi connectivity index (χ1) is 15.5. The Balaban J connectivity index is 1.54. The molecule has 0 radical (unpaired) electrons. The van der Waals surface area contributed by atoms with E-state index >= 15 is 0 Å². The molecule has 2 aromatic carbocycles. The average molecular weight is 457 g/mol. The van der Waals surface area contributed by atoms with Gasteiger partial charge in [0.1, 0.15) is 11.4 Å². The molecule has 0 saturated carbocycles. The van der Waals surface area contributed by atoms with E-state index in [4.69, 9.17) is 20.8 Å². The number of ether oxygens (including phenoxy) is 1. The maximum Gasteiger partial charge on any atom is 0.290 e. The molecular formula is C24H22ClFN2O4. The molecule has 2 aliphatic heterocycles. The highest BCUT2D eigenvalue weighted by Gasteiger charge is 2.42. The fraction of sp³-hybridized carbons (Fsp3) is 0.333. The van der Waals surface area contributed by atoms with Gasteiger partial charge in [-0.1, -0.05) is 23.7 Å².